The minimum atomic E-state index is -0.206. The molecule has 0 saturated carbocycles. The van der Waals surface area contributed by atoms with Gasteiger partial charge in [0.1, 0.15) is 0 Å². The zero-order valence-electron chi connectivity index (χ0n) is 19.6. The van der Waals surface area contributed by atoms with Crippen molar-refractivity contribution in [1.29, 1.82) is 0 Å². The van der Waals surface area contributed by atoms with Gasteiger partial charge in [0.05, 0.1) is 23.4 Å². The van der Waals surface area contributed by atoms with Crippen LogP contribution in [0.2, 0.25) is 0 Å². The molecule has 0 radical (unpaired) electrons. The number of rotatable bonds is 8. The Kier molecular flexibility index (Phi) is 6.45. The lowest BCUT2D eigenvalue weighted by Gasteiger charge is -2.39. The number of imide groups is 1. The van der Waals surface area contributed by atoms with Crippen molar-refractivity contribution < 1.29 is 9.59 Å². The summed E-state index contributed by atoms with van der Waals surface area (Å²) >= 11 is 0. The van der Waals surface area contributed by atoms with E-state index in [9.17, 15) is 9.59 Å². The number of hydrogen-bond acceptors (Lipinski definition) is 5. The number of nitrogens with zero attached hydrogens (tertiary/aromatic N) is 5. The molecule has 5 rings (SSSR count). The third kappa shape index (κ3) is 4.48. The summed E-state index contributed by atoms with van der Waals surface area (Å²) in [5, 5.41) is 4.17. The fraction of sp³-hybridized carbons (Fsp3) is 0.370. The molecule has 7 nitrogen and oxygen atoms in total. The van der Waals surface area contributed by atoms with Crippen molar-refractivity contribution in [2.24, 2.45) is 0 Å². The zero-order valence-corrected chi connectivity index (χ0v) is 19.6. The summed E-state index contributed by atoms with van der Waals surface area (Å²) in [4.78, 5) is 32.4. The van der Waals surface area contributed by atoms with Crippen molar-refractivity contribution in [3.8, 4) is 0 Å². The predicted octanol–water partition coefficient (Wildman–Crippen LogP) is 3.32. The molecule has 0 aliphatic carbocycles. The largest absolute Gasteiger partial charge is 0.368 e. The molecule has 0 spiro atoms. The molecule has 1 atom stereocenters. The molecule has 0 bridgehead atoms. The van der Waals surface area contributed by atoms with Crippen LogP contribution in [0.5, 0.6) is 0 Å². The smallest absolute Gasteiger partial charge is 0.263 e. The molecule has 0 N–H and O–H groups in total. The Labute approximate surface area is 200 Å². The van der Waals surface area contributed by atoms with Crippen LogP contribution >= 0.6 is 0 Å². The van der Waals surface area contributed by atoms with Crippen molar-refractivity contribution in [2.75, 3.05) is 37.6 Å². The molecule has 34 heavy (non-hydrogen) atoms. The highest BCUT2D eigenvalue weighted by Crippen LogP contribution is 2.32. The molecule has 2 aliphatic heterocycles. The van der Waals surface area contributed by atoms with Crippen LogP contribution in [-0.4, -0.2) is 70.2 Å². The van der Waals surface area contributed by atoms with Crippen LogP contribution in [0.25, 0.3) is 0 Å². The lowest BCUT2D eigenvalue weighted by Crippen LogP contribution is -2.50. The summed E-state index contributed by atoms with van der Waals surface area (Å²) in [5.74, 6) is -0.399. The van der Waals surface area contributed by atoms with E-state index in [1.165, 1.54) is 10.5 Å². The van der Waals surface area contributed by atoms with E-state index in [1.54, 1.807) is 16.9 Å². The first-order chi connectivity index (χ1) is 16.6. The monoisotopic (exact) mass is 457 g/mol. The number of aromatic nitrogens is 2. The van der Waals surface area contributed by atoms with Gasteiger partial charge < -0.3 is 4.90 Å². The van der Waals surface area contributed by atoms with Gasteiger partial charge in [-0.15, -0.1) is 0 Å². The molecule has 2 aliphatic rings. The average Bonchev–Trinajstić information content (AvgIpc) is 3.49. The Hall–Kier alpha value is -3.45. The van der Waals surface area contributed by atoms with E-state index in [4.69, 9.17) is 0 Å². The van der Waals surface area contributed by atoms with Gasteiger partial charge in [-0.2, -0.15) is 5.10 Å². The maximum atomic E-state index is 13.3. The minimum Gasteiger partial charge on any atom is -0.368 e. The Morgan fingerprint density at radius 2 is 1.68 bits per heavy atom. The molecule has 3 aromatic rings. The SMILES string of the molecule is CC(CCc1ccccc1)N1CCN(c2cccc3c2C(=O)N(CCn2cccn2)C3=O)CC1. The molecule has 1 unspecified atom stereocenters. The second kappa shape index (κ2) is 9.81. The van der Waals surface area contributed by atoms with E-state index < -0.39 is 0 Å². The van der Waals surface area contributed by atoms with E-state index in [2.05, 4.69) is 52.2 Å². The fourth-order valence-corrected chi connectivity index (χ4v) is 5.02. The van der Waals surface area contributed by atoms with Gasteiger partial charge in [-0.05, 0) is 43.5 Å². The standard InChI is InChI=1S/C27H31N5O2/c1-21(11-12-22-7-3-2-4-8-22)29-15-17-30(18-16-29)24-10-5-9-23-25(24)27(34)32(26(23)33)20-19-31-14-6-13-28-31/h2-10,13-14,21H,11-12,15-20H2,1H3. The third-order valence-corrected chi connectivity index (χ3v) is 7.06. The maximum absolute atomic E-state index is 13.3. The molecule has 176 valence electrons. The highest BCUT2D eigenvalue weighted by Gasteiger charge is 2.38. The van der Waals surface area contributed by atoms with Crippen molar-refractivity contribution in [1.82, 2.24) is 19.6 Å². The summed E-state index contributed by atoms with van der Waals surface area (Å²) in [6, 6.07) is 18.6. The van der Waals surface area contributed by atoms with Gasteiger partial charge in [0.2, 0.25) is 0 Å². The van der Waals surface area contributed by atoms with Crippen LogP contribution in [0.3, 0.4) is 0 Å². The van der Waals surface area contributed by atoms with Gasteiger partial charge in [-0.3, -0.25) is 24.1 Å². The number of fused-ring (bicyclic) bond motifs is 1. The van der Waals surface area contributed by atoms with Crippen LogP contribution in [0.15, 0.2) is 67.0 Å². The first-order valence-corrected chi connectivity index (χ1v) is 12.1. The highest BCUT2D eigenvalue weighted by molar-refractivity contribution is 6.23. The number of carbonyl (C=O) groups excluding carboxylic acids is 2. The van der Waals surface area contributed by atoms with Crippen LogP contribution in [0, 0.1) is 0 Å². The third-order valence-electron chi connectivity index (χ3n) is 7.06. The Morgan fingerprint density at radius 1 is 0.882 bits per heavy atom. The molecular weight excluding hydrogens is 426 g/mol. The molecule has 7 heteroatoms. The van der Waals surface area contributed by atoms with Gasteiger partial charge in [-0.25, -0.2) is 0 Å². The normalized spacial score (nSPS) is 17.3. The molecular formula is C27H31N5O2. The lowest BCUT2D eigenvalue weighted by molar-refractivity contribution is 0.0647. The van der Waals surface area contributed by atoms with Gasteiger partial charge >= 0.3 is 0 Å². The predicted molar refractivity (Wildman–Crippen MR) is 132 cm³/mol. The summed E-state index contributed by atoms with van der Waals surface area (Å²) in [5.41, 5.74) is 3.34. The van der Waals surface area contributed by atoms with Crippen molar-refractivity contribution in [2.45, 2.75) is 32.4 Å². The molecule has 1 fully saturated rings. The lowest BCUT2D eigenvalue weighted by atomic mass is 10.0. The van der Waals surface area contributed by atoms with E-state index >= 15 is 0 Å². The van der Waals surface area contributed by atoms with Crippen molar-refractivity contribution in [3.63, 3.8) is 0 Å². The van der Waals surface area contributed by atoms with E-state index in [0.29, 0.717) is 30.3 Å². The van der Waals surface area contributed by atoms with E-state index in [0.717, 1.165) is 44.7 Å². The molecule has 2 amide bonds. The number of piperazine rings is 1. The van der Waals surface area contributed by atoms with Gasteiger partial charge in [-0.1, -0.05) is 36.4 Å². The maximum Gasteiger partial charge on any atom is 0.263 e. The summed E-state index contributed by atoms with van der Waals surface area (Å²) in [6.45, 7) is 6.71. The number of benzene rings is 2. The summed E-state index contributed by atoms with van der Waals surface area (Å²) < 4.78 is 1.74. The average molecular weight is 458 g/mol. The van der Waals surface area contributed by atoms with Crippen LogP contribution in [0.1, 0.15) is 39.6 Å². The zero-order chi connectivity index (χ0) is 23.5. The first kappa shape index (κ1) is 22.3. The first-order valence-electron chi connectivity index (χ1n) is 12.1. The summed E-state index contributed by atoms with van der Waals surface area (Å²) in [7, 11) is 0. The Morgan fingerprint density at radius 3 is 2.41 bits per heavy atom. The van der Waals surface area contributed by atoms with Gasteiger partial charge in [0, 0.05) is 51.2 Å². The quantitative estimate of drug-likeness (QED) is 0.486. The number of carbonyl (C=O) groups is 2. The van der Waals surface area contributed by atoms with Crippen molar-refractivity contribution in [3.05, 3.63) is 83.7 Å². The molecule has 3 heterocycles. The topological polar surface area (TPSA) is 61.7 Å². The number of anilines is 1. The van der Waals surface area contributed by atoms with Crippen LogP contribution in [-0.2, 0) is 13.0 Å². The Balaban J connectivity index is 1.22. The van der Waals surface area contributed by atoms with Crippen LogP contribution in [0.4, 0.5) is 5.69 Å². The number of hydrogen-bond donors (Lipinski definition) is 0. The highest BCUT2D eigenvalue weighted by atomic mass is 16.2. The minimum absolute atomic E-state index is 0.193. The molecule has 1 saturated heterocycles. The number of amides is 2. The second-order valence-corrected chi connectivity index (χ2v) is 9.13. The van der Waals surface area contributed by atoms with E-state index in [-0.39, 0.29) is 11.8 Å². The Bertz CT molecular complexity index is 1140. The summed E-state index contributed by atoms with van der Waals surface area (Å²) in [6.07, 6.45) is 5.74. The molecule has 2 aromatic carbocycles. The van der Waals surface area contributed by atoms with E-state index in [1.807, 2.05) is 24.4 Å². The molecule has 1 aromatic heterocycles. The van der Waals surface area contributed by atoms with Gasteiger partial charge in [0.25, 0.3) is 11.8 Å². The van der Waals surface area contributed by atoms with Crippen LogP contribution < -0.4 is 4.90 Å². The number of aryl methyl sites for hydroxylation is 1. The fourth-order valence-electron chi connectivity index (χ4n) is 5.02. The van der Waals surface area contributed by atoms with Crippen molar-refractivity contribution >= 4 is 17.5 Å². The van der Waals surface area contributed by atoms with Gasteiger partial charge in [0.15, 0.2) is 0 Å². The second-order valence-electron chi connectivity index (χ2n) is 9.13.